The standard InChI is InChI=1S/C28H28N4O2S/c33-26-21-8-2-3-9-22(21)27(34)31(26)17-7-1-6-16-29-20-14-12-19(13-15-20)23-18-32-24-10-4-5-11-25(24)35-28(32)30-23/h2-3,8-9,12-15,18,29H,1,4-7,10-11,16-17H2. The van der Waals surface area contributed by atoms with E-state index in [2.05, 4.69) is 40.2 Å². The maximum absolute atomic E-state index is 12.4. The fraction of sp³-hybridized carbons (Fsp3) is 0.321. The molecule has 35 heavy (non-hydrogen) atoms. The number of rotatable bonds is 8. The Morgan fingerprint density at radius 3 is 2.40 bits per heavy atom. The molecule has 0 spiro atoms. The van der Waals surface area contributed by atoms with Gasteiger partial charge in [-0.25, -0.2) is 4.98 Å². The average molecular weight is 485 g/mol. The number of unbranched alkanes of at least 4 members (excludes halogenated alkanes) is 2. The number of aromatic nitrogens is 2. The van der Waals surface area contributed by atoms with E-state index in [1.807, 2.05) is 11.3 Å². The number of amides is 2. The molecule has 4 aromatic rings. The van der Waals surface area contributed by atoms with Gasteiger partial charge in [-0.05, 0) is 69.2 Å². The molecule has 7 heteroatoms. The summed E-state index contributed by atoms with van der Waals surface area (Å²) in [6.07, 6.45) is 9.86. The van der Waals surface area contributed by atoms with Gasteiger partial charge < -0.3 is 5.32 Å². The minimum absolute atomic E-state index is 0.166. The van der Waals surface area contributed by atoms with Gasteiger partial charge in [0.2, 0.25) is 0 Å². The SMILES string of the molecule is O=C1c2ccccc2C(=O)N1CCCCCNc1ccc(-c2cn3c4c(sc3n2)CCCC4)cc1. The van der Waals surface area contributed by atoms with Crippen LogP contribution in [0.2, 0.25) is 0 Å². The van der Waals surface area contributed by atoms with Gasteiger partial charge in [-0.1, -0.05) is 24.3 Å². The van der Waals surface area contributed by atoms with E-state index in [4.69, 9.17) is 4.98 Å². The zero-order chi connectivity index (χ0) is 23.8. The predicted octanol–water partition coefficient (Wildman–Crippen LogP) is 5.82. The summed E-state index contributed by atoms with van der Waals surface area (Å²) >= 11 is 1.84. The van der Waals surface area contributed by atoms with Crippen LogP contribution >= 0.6 is 11.3 Å². The Morgan fingerprint density at radius 1 is 0.886 bits per heavy atom. The van der Waals surface area contributed by atoms with E-state index in [0.29, 0.717) is 17.7 Å². The highest BCUT2D eigenvalue weighted by Gasteiger charge is 2.34. The summed E-state index contributed by atoms with van der Waals surface area (Å²) in [4.78, 5) is 33.7. The molecule has 3 heterocycles. The van der Waals surface area contributed by atoms with Gasteiger partial charge >= 0.3 is 0 Å². The van der Waals surface area contributed by atoms with Crippen molar-refractivity contribution in [2.45, 2.75) is 44.9 Å². The molecular formula is C28H28N4O2S. The number of anilines is 1. The zero-order valence-corrected chi connectivity index (χ0v) is 20.4. The minimum Gasteiger partial charge on any atom is -0.385 e. The summed E-state index contributed by atoms with van der Waals surface area (Å²) < 4.78 is 2.29. The summed E-state index contributed by atoms with van der Waals surface area (Å²) in [6.45, 7) is 1.33. The van der Waals surface area contributed by atoms with Gasteiger partial charge in [-0.15, -0.1) is 11.3 Å². The molecule has 6 rings (SSSR count). The van der Waals surface area contributed by atoms with Crippen molar-refractivity contribution in [2.24, 2.45) is 0 Å². The van der Waals surface area contributed by atoms with Crippen molar-refractivity contribution >= 4 is 33.8 Å². The predicted molar refractivity (Wildman–Crippen MR) is 139 cm³/mol. The highest BCUT2D eigenvalue weighted by molar-refractivity contribution is 7.17. The fourth-order valence-corrected chi connectivity index (χ4v) is 6.30. The number of hydrogen-bond donors (Lipinski definition) is 1. The molecule has 1 aliphatic heterocycles. The summed E-state index contributed by atoms with van der Waals surface area (Å²) in [5.41, 5.74) is 5.76. The third-order valence-corrected chi connectivity index (χ3v) is 8.17. The van der Waals surface area contributed by atoms with E-state index in [0.717, 1.165) is 54.1 Å². The van der Waals surface area contributed by atoms with Crippen molar-refractivity contribution < 1.29 is 9.59 Å². The molecule has 1 aliphatic carbocycles. The van der Waals surface area contributed by atoms with Crippen LogP contribution in [0, 0.1) is 0 Å². The summed E-state index contributed by atoms with van der Waals surface area (Å²) in [7, 11) is 0. The summed E-state index contributed by atoms with van der Waals surface area (Å²) in [6, 6.07) is 15.5. The Morgan fingerprint density at radius 2 is 1.63 bits per heavy atom. The topological polar surface area (TPSA) is 66.7 Å². The number of nitrogens with one attached hydrogen (secondary N) is 1. The van der Waals surface area contributed by atoms with Crippen LogP contribution in [-0.2, 0) is 12.8 Å². The van der Waals surface area contributed by atoms with Crippen LogP contribution in [0.15, 0.2) is 54.7 Å². The van der Waals surface area contributed by atoms with Crippen molar-refractivity contribution in [1.29, 1.82) is 0 Å². The highest BCUT2D eigenvalue weighted by atomic mass is 32.1. The molecular weight excluding hydrogens is 456 g/mol. The van der Waals surface area contributed by atoms with Crippen molar-refractivity contribution in [3.8, 4) is 11.3 Å². The van der Waals surface area contributed by atoms with E-state index in [1.165, 1.54) is 34.7 Å². The van der Waals surface area contributed by atoms with Crippen LogP contribution in [0.3, 0.4) is 0 Å². The molecule has 6 nitrogen and oxygen atoms in total. The summed E-state index contributed by atoms with van der Waals surface area (Å²) in [5, 5.41) is 3.47. The number of carbonyl (C=O) groups is 2. The van der Waals surface area contributed by atoms with Crippen LogP contribution in [0.25, 0.3) is 16.2 Å². The first-order chi connectivity index (χ1) is 17.2. The second-order valence-corrected chi connectivity index (χ2v) is 10.4. The first kappa shape index (κ1) is 22.0. The van der Waals surface area contributed by atoms with E-state index in [9.17, 15) is 9.59 Å². The molecule has 0 fully saturated rings. The van der Waals surface area contributed by atoms with Gasteiger partial charge in [0.05, 0.1) is 16.8 Å². The van der Waals surface area contributed by atoms with Crippen LogP contribution in [0.5, 0.6) is 0 Å². The van der Waals surface area contributed by atoms with Crippen LogP contribution in [0.1, 0.15) is 63.4 Å². The summed E-state index contributed by atoms with van der Waals surface area (Å²) in [5.74, 6) is -0.331. The van der Waals surface area contributed by atoms with Crippen LogP contribution in [-0.4, -0.2) is 39.2 Å². The quantitative estimate of drug-likeness (QED) is 0.253. The highest BCUT2D eigenvalue weighted by Crippen LogP contribution is 2.32. The first-order valence-electron chi connectivity index (χ1n) is 12.5. The second-order valence-electron chi connectivity index (χ2n) is 9.33. The molecule has 0 bridgehead atoms. The molecule has 178 valence electrons. The number of carbonyl (C=O) groups excluding carboxylic acids is 2. The maximum Gasteiger partial charge on any atom is 0.261 e. The van der Waals surface area contributed by atoms with E-state index in [-0.39, 0.29) is 11.8 Å². The van der Waals surface area contributed by atoms with Gasteiger partial charge in [-0.2, -0.15) is 0 Å². The Hall–Kier alpha value is -3.45. The van der Waals surface area contributed by atoms with E-state index in [1.54, 1.807) is 24.3 Å². The van der Waals surface area contributed by atoms with E-state index >= 15 is 0 Å². The number of imidazole rings is 1. The van der Waals surface area contributed by atoms with Crippen LogP contribution < -0.4 is 5.32 Å². The molecule has 0 unspecified atom stereocenters. The number of thiazole rings is 1. The number of aryl methyl sites for hydroxylation is 2. The van der Waals surface area contributed by atoms with Crippen molar-refractivity contribution in [2.75, 3.05) is 18.4 Å². The smallest absolute Gasteiger partial charge is 0.261 e. The Balaban J connectivity index is 0.974. The molecule has 2 aromatic carbocycles. The van der Waals surface area contributed by atoms with E-state index < -0.39 is 0 Å². The average Bonchev–Trinajstić information content (AvgIpc) is 3.53. The van der Waals surface area contributed by atoms with Gasteiger partial charge in [-0.3, -0.25) is 18.9 Å². The van der Waals surface area contributed by atoms with Crippen molar-refractivity contribution in [1.82, 2.24) is 14.3 Å². The molecule has 2 aliphatic rings. The Kier molecular flexibility index (Phi) is 5.86. The number of hydrogen-bond acceptors (Lipinski definition) is 5. The van der Waals surface area contributed by atoms with Crippen molar-refractivity contribution in [3.05, 3.63) is 76.4 Å². The number of benzene rings is 2. The molecule has 1 N–H and O–H groups in total. The van der Waals surface area contributed by atoms with Crippen molar-refractivity contribution in [3.63, 3.8) is 0 Å². The van der Waals surface area contributed by atoms with Gasteiger partial charge in [0, 0.05) is 41.1 Å². The fourth-order valence-electron chi connectivity index (χ4n) is 5.11. The lowest BCUT2D eigenvalue weighted by Gasteiger charge is -2.13. The lowest BCUT2D eigenvalue weighted by Crippen LogP contribution is -2.30. The monoisotopic (exact) mass is 484 g/mol. The minimum atomic E-state index is -0.166. The molecule has 0 saturated heterocycles. The molecule has 0 atom stereocenters. The molecule has 2 aromatic heterocycles. The zero-order valence-electron chi connectivity index (χ0n) is 19.6. The molecule has 0 saturated carbocycles. The van der Waals surface area contributed by atoms with Gasteiger partial charge in [0.1, 0.15) is 0 Å². The number of imide groups is 1. The first-order valence-corrected chi connectivity index (χ1v) is 13.3. The lowest BCUT2D eigenvalue weighted by atomic mass is 10.0. The Labute approximate surface area is 208 Å². The molecule has 2 amide bonds. The van der Waals surface area contributed by atoms with Crippen LogP contribution in [0.4, 0.5) is 5.69 Å². The Bertz CT molecular complexity index is 1370. The largest absolute Gasteiger partial charge is 0.385 e. The number of nitrogens with zero attached hydrogens (tertiary/aromatic N) is 3. The normalized spacial score (nSPS) is 15.0. The second kappa shape index (κ2) is 9.30. The maximum atomic E-state index is 12.4. The van der Waals surface area contributed by atoms with Gasteiger partial charge in [0.25, 0.3) is 11.8 Å². The third-order valence-electron chi connectivity index (χ3n) is 7.01. The van der Waals surface area contributed by atoms with Gasteiger partial charge in [0.15, 0.2) is 4.96 Å². The molecule has 0 radical (unpaired) electrons. The number of fused-ring (bicyclic) bond motifs is 4. The lowest BCUT2D eigenvalue weighted by molar-refractivity contribution is 0.0651. The third kappa shape index (κ3) is 4.14.